The van der Waals surface area contributed by atoms with Crippen LogP contribution in [-0.2, 0) is 40.2 Å². The average Bonchev–Trinajstić information content (AvgIpc) is 3.99. The standard InChI is InChI=1S/C45H58N8O9S2/c1-30-6-13-35(14-7-30)64(58,59)52-38(44(56)49-33-9-11-34(12-10-33)53-18-22-62-23-19-53)27-32-28-48-37-15-8-31(26-36(32)37)43(55)47-17-21-61-25-24-60-20-16-46-41(54)5-3-2-4-40-42-39(29-63-40)50-45(57)51-42/h6-15,26,28,38-40,42,48,52H,2-5,16-25,27,29H2,1H3,(H,46,54)(H,47,55)(H,49,56)(H2,50,51,57)/t38?,39-,40-,42-/m0/s1. The van der Waals surface area contributed by atoms with E-state index in [1.165, 1.54) is 12.1 Å². The van der Waals surface area contributed by atoms with Crippen molar-refractivity contribution in [3.8, 4) is 0 Å². The summed E-state index contributed by atoms with van der Waals surface area (Å²) in [4.78, 5) is 56.3. The lowest BCUT2D eigenvalue weighted by Gasteiger charge is -2.29. The minimum absolute atomic E-state index is 0.00136. The van der Waals surface area contributed by atoms with Crippen LogP contribution in [0.5, 0.6) is 0 Å². The van der Waals surface area contributed by atoms with Gasteiger partial charge in [0.15, 0.2) is 0 Å². The van der Waals surface area contributed by atoms with Gasteiger partial charge in [0.25, 0.3) is 5.91 Å². The normalized spacial score (nSPS) is 18.9. The molecule has 5 amide bonds. The number of nitrogens with zero attached hydrogens (tertiary/aromatic N) is 1. The Morgan fingerprint density at radius 3 is 2.39 bits per heavy atom. The Bertz CT molecular complexity index is 2320. The zero-order valence-electron chi connectivity index (χ0n) is 36.0. The zero-order chi connectivity index (χ0) is 44.9. The van der Waals surface area contributed by atoms with E-state index in [4.69, 9.17) is 14.2 Å². The summed E-state index contributed by atoms with van der Waals surface area (Å²) in [5.41, 5.74) is 4.18. The molecule has 19 heteroatoms. The highest BCUT2D eigenvalue weighted by Crippen LogP contribution is 2.33. The van der Waals surface area contributed by atoms with Gasteiger partial charge in [0.2, 0.25) is 21.8 Å². The van der Waals surface area contributed by atoms with Crippen molar-refractivity contribution in [3.63, 3.8) is 0 Å². The van der Waals surface area contributed by atoms with Crippen molar-refractivity contribution in [3.05, 3.63) is 89.6 Å². The van der Waals surface area contributed by atoms with Crippen LogP contribution < -0.4 is 36.2 Å². The minimum atomic E-state index is -4.10. The quantitative estimate of drug-likeness (QED) is 0.0422. The van der Waals surface area contributed by atoms with Crippen LogP contribution in [0.2, 0.25) is 0 Å². The SMILES string of the molecule is Cc1ccc(S(=O)(=O)NC(Cc2c[nH]c3ccc(C(=O)NCCOCCOCCNC(=O)CCCC[C@@H]4SC[C@@H]5NC(=O)N[C@@H]54)cc23)C(=O)Nc2ccc(N3CCOCC3)cc2)cc1. The summed E-state index contributed by atoms with van der Waals surface area (Å²) in [5, 5.41) is 15.7. The first-order valence-electron chi connectivity index (χ1n) is 21.8. The van der Waals surface area contributed by atoms with E-state index in [2.05, 4.69) is 41.2 Å². The van der Waals surface area contributed by atoms with Crippen LogP contribution in [0, 0.1) is 6.92 Å². The molecule has 7 rings (SSSR count). The highest BCUT2D eigenvalue weighted by Gasteiger charge is 2.42. The van der Waals surface area contributed by atoms with E-state index in [1.54, 1.807) is 48.7 Å². The Balaban J connectivity index is 0.836. The molecule has 3 aromatic carbocycles. The molecule has 0 saturated carbocycles. The molecule has 0 aliphatic carbocycles. The predicted octanol–water partition coefficient (Wildman–Crippen LogP) is 3.45. The highest BCUT2D eigenvalue weighted by molar-refractivity contribution is 8.00. The van der Waals surface area contributed by atoms with Gasteiger partial charge in [-0.3, -0.25) is 14.4 Å². The number of morpholine rings is 1. The molecule has 1 aromatic heterocycles. The zero-order valence-corrected chi connectivity index (χ0v) is 37.6. The lowest BCUT2D eigenvalue weighted by Crippen LogP contribution is -2.45. The molecular formula is C45H58N8O9S2. The summed E-state index contributed by atoms with van der Waals surface area (Å²) in [7, 11) is -4.10. The van der Waals surface area contributed by atoms with Gasteiger partial charge >= 0.3 is 6.03 Å². The van der Waals surface area contributed by atoms with Crippen LogP contribution in [0.1, 0.15) is 47.2 Å². The molecule has 0 bridgehead atoms. The number of rotatable bonds is 23. The molecule has 344 valence electrons. The van der Waals surface area contributed by atoms with Gasteiger partial charge in [0.1, 0.15) is 6.04 Å². The number of hydrogen-bond donors (Lipinski definition) is 7. The Hall–Kier alpha value is -5.18. The van der Waals surface area contributed by atoms with Crippen molar-refractivity contribution in [1.82, 2.24) is 31.0 Å². The van der Waals surface area contributed by atoms with Gasteiger partial charge in [-0.1, -0.05) is 24.1 Å². The molecule has 17 nitrogen and oxygen atoms in total. The molecule has 3 fully saturated rings. The van der Waals surface area contributed by atoms with Crippen LogP contribution in [0.25, 0.3) is 10.9 Å². The number of fused-ring (bicyclic) bond motifs is 2. The summed E-state index contributed by atoms with van der Waals surface area (Å²) in [6, 6.07) is 18.1. The molecule has 4 aromatic rings. The monoisotopic (exact) mass is 918 g/mol. The third kappa shape index (κ3) is 13.0. The lowest BCUT2D eigenvalue weighted by molar-refractivity contribution is -0.121. The van der Waals surface area contributed by atoms with Gasteiger partial charge in [-0.2, -0.15) is 16.5 Å². The number of carbonyl (C=O) groups excluding carboxylic acids is 4. The maximum Gasteiger partial charge on any atom is 0.315 e. The van der Waals surface area contributed by atoms with E-state index in [0.29, 0.717) is 73.5 Å². The number of urea groups is 1. The maximum atomic E-state index is 13.9. The second kappa shape index (κ2) is 22.6. The fourth-order valence-electron chi connectivity index (χ4n) is 7.96. The number of ether oxygens (including phenoxy) is 3. The van der Waals surface area contributed by atoms with Crippen molar-refractivity contribution >= 4 is 67.8 Å². The fraction of sp³-hybridized carbons (Fsp3) is 0.467. The van der Waals surface area contributed by atoms with Crippen LogP contribution >= 0.6 is 11.8 Å². The molecule has 0 radical (unpaired) electrons. The number of anilines is 2. The molecule has 0 spiro atoms. The number of thioether (sulfide) groups is 1. The average molecular weight is 919 g/mol. The number of aromatic amines is 1. The van der Waals surface area contributed by atoms with Crippen molar-refractivity contribution in [2.45, 2.75) is 67.3 Å². The summed E-state index contributed by atoms with van der Waals surface area (Å²) in [6.45, 7) is 6.64. The summed E-state index contributed by atoms with van der Waals surface area (Å²) in [6.07, 6.45) is 4.87. The number of aromatic nitrogens is 1. The molecule has 4 heterocycles. The van der Waals surface area contributed by atoms with Gasteiger partial charge in [0.05, 0.1) is 56.6 Å². The summed E-state index contributed by atoms with van der Waals surface area (Å²) < 4.78 is 46.5. The topological polar surface area (TPSA) is 221 Å². The van der Waals surface area contributed by atoms with Crippen LogP contribution in [0.4, 0.5) is 16.2 Å². The van der Waals surface area contributed by atoms with Gasteiger partial charge in [-0.05, 0) is 86.3 Å². The minimum Gasteiger partial charge on any atom is -0.378 e. The molecule has 3 saturated heterocycles. The second-order valence-corrected chi connectivity index (χ2v) is 19.1. The molecule has 64 heavy (non-hydrogen) atoms. The van der Waals surface area contributed by atoms with E-state index >= 15 is 0 Å². The first kappa shape index (κ1) is 46.8. The first-order chi connectivity index (χ1) is 31.0. The Kier molecular flexibility index (Phi) is 16.6. The Morgan fingerprint density at radius 2 is 1.64 bits per heavy atom. The van der Waals surface area contributed by atoms with Crippen LogP contribution in [0.3, 0.4) is 0 Å². The molecule has 7 N–H and O–H groups in total. The molecule has 3 aliphatic heterocycles. The van der Waals surface area contributed by atoms with Crippen molar-refractivity contribution < 1.29 is 41.8 Å². The smallest absolute Gasteiger partial charge is 0.315 e. The molecule has 3 aliphatic rings. The largest absolute Gasteiger partial charge is 0.378 e. The van der Waals surface area contributed by atoms with Crippen molar-refractivity contribution in [2.75, 3.05) is 81.8 Å². The van der Waals surface area contributed by atoms with Gasteiger partial charge < -0.3 is 50.7 Å². The highest BCUT2D eigenvalue weighted by atomic mass is 32.2. The fourth-order valence-corrected chi connectivity index (χ4v) is 10.7. The number of aryl methyl sites for hydroxylation is 1. The predicted molar refractivity (Wildman–Crippen MR) is 246 cm³/mol. The Labute approximate surface area is 377 Å². The van der Waals surface area contributed by atoms with Crippen LogP contribution in [0.15, 0.2) is 77.8 Å². The van der Waals surface area contributed by atoms with E-state index in [9.17, 15) is 27.6 Å². The number of nitrogens with one attached hydrogen (secondary N) is 7. The number of unbranched alkanes of at least 4 members (excludes halogenated alkanes) is 1. The number of sulfonamides is 1. The summed E-state index contributed by atoms with van der Waals surface area (Å²) in [5.74, 6) is 0.0696. The van der Waals surface area contributed by atoms with Crippen molar-refractivity contribution in [2.24, 2.45) is 0 Å². The van der Waals surface area contributed by atoms with E-state index in [0.717, 1.165) is 54.9 Å². The van der Waals surface area contributed by atoms with Crippen LogP contribution in [-0.4, -0.2) is 132 Å². The van der Waals surface area contributed by atoms with E-state index < -0.39 is 22.0 Å². The van der Waals surface area contributed by atoms with Gasteiger partial charge in [-0.15, -0.1) is 0 Å². The number of benzene rings is 3. The third-order valence-corrected chi connectivity index (χ3v) is 14.5. The summed E-state index contributed by atoms with van der Waals surface area (Å²) >= 11 is 1.88. The second-order valence-electron chi connectivity index (χ2n) is 16.1. The first-order valence-corrected chi connectivity index (χ1v) is 24.4. The third-order valence-electron chi connectivity index (χ3n) is 11.5. The van der Waals surface area contributed by atoms with Gasteiger partial charge in [0, 0.05) is 77.6 Å². The number of carbonyl (C=O) groups is 4. The lowest BCUT2D eigenvalue weighted by atomic mass is 10.0. The van der Waals surface area contributed by atoms with E-state index in [1.807, 2.05) is 30.8 Å². The van der Waals surface area contributed by atoms with E-state index in [-0.39, 0.29) is 54.4 Å². The number of hydrogen-bond acceptors (Lipinski definition) is 11. The molecule has 1 unspecified atom stereocenters. The van der Waals surface area contributed by atoms with Crippen molar-refractivity contribution in [1.29, 1.82) is 0 Å². The molecular weight excluding hydrogens is 861 g/mol. The number of H-pyrrole nitrogens is 1. The number of amides is 5. The molecule has 4 atom stereocenters. The maximum absolute atomic E-state index is 13.9. The van der Waals surface area contributed by atoms with Gasteiger partial charge in [-0.25, -0.2) is 13.2 Å². The Morgan fingerprint density at radius 1 is 0.906 bits per heavy atom.